The van der Waals surface area contributed by atoms with Crippen LogP contribution in [0.4, 0.5) is 0 Å². The molecular formula is C12H20O3. The molecule has 1 rings (SSSR count). The van der Waals surface area contributed by atoms with Gasteiger partial charge in [-0.15, -0.1) is 0 Å². The Labute approximate surface area is 91.7 Å². The van der Waals surface area contributed by atoms with E-state index in [0.717, 1.165) is 6.42 Å². The van der Waals surface area contributed by atoms with Crippen molar-refractivity contribution >= 4 is 0 Å². The quantitative estimate of drug-likeness (QED) is 0.499. The van der Waals surface area contributed by atoms with Gasteiger partial charge in [0.05, 0.1) is 12.7 Å². The minimum Gasteiger partial charge on any atom is -0.370 e. The van der Waals surface area contributed by atoms with Crippen molar-refractivity contribution in [2.24, 2.45) is 0 Å². The number of allylic oxidation sites excluding steroid dienone is 1. The van der Waals surface area contributed by atoms with E-state index in [1.165, 1.54) is 12.8 Å². The summed E-state index contributed by atoms with van der Waals surface area (Å²) in [5.41, 5.74) is 0. The van der Waals surface area contributed by atoms with Crippen molar-refractivity contribution in [3.8, 4) is 0 Å². The van der Waals surface area contributed by atoms with Gasteiger partial charge in [0, 0.05) is 14.2 Å². The zero-order valence-electron chi connectivity index (χ0n) is 9.52. The predicted octanol–water partition coefficient (Wildman–Crippen LogP) is 2.29. The van der Waals surface area contributed by atoms with Crippen molar-refractivity contribution in [2.45, 2.75) is 31.7 Å². The Morgan fingerprint density at radius 1 is 1.40 bits per heavy atom. The molecule has 1 aliphatic carbocycles. The molecular weight excluding hydrogens is 192 g/mol. The van der Waals surface area contributed by atoms with E-state index >= 15 is 0 Å². The summed E-state index contributed by atoms with van der Waals surface area (Å²) in [6.45, 7) is 0.609. The first-order valence-corrected chi connectivity index (χ1v) is 5.37. The van der Waals surface area contributed by atoms with Gasteiger partial charge in [-0.25, -0.2) is 0 Å². The van der Waals surface area contributed by atoms with Crippen LogP contribution >= 0.6 is 0 Å². The highest BCUT2D eigenvalue weighted by Gasteiger charge is 2.06. The van der Waals surface area contributed by atoms with E-state index in [0.29, 0.717) is 6.61 Å². The van der Waals surface area contributed by atoms with Gasteiger partial charge in [0.15, 0.2) is 6.29 Å². The summed E-state index contributed by atoms with van der Waals surface area (Å²) >= 11 is 0. The van der Waals surface area contributed by atoms with Gasteiger partial charge in [0.1, 0.15) is 0 Å². The number of hydrogen-bond donors (Lipinski definition) is 0. The minimum atomic E-state index is -0.268. The van der Waals surface area contributed by atoms with Crippen molar-refractivity contribution in [2.75, 3.05) is 20.8 Å². The zero-order chi connectivity index (χ0) is 10.9. The summed E-state index contributed by atoms with van der Waals surface area (Å²) in [7, 11) is 3.23. The third-order valence-corrected chi connectivity index (χ3v) is 2.37. The van der Waals surface area contributed by atoms with Crippen LogP contribution in [0.2, 0.25) is 0 Å². The highest BCUT2D eigenvalue weighted by molar-refractivity contribution is 4.95. The predicted molar refractivity (Wildman–Crippen MR) is 59.7 cm³/mol. The van der Waals surface area contributed by atoms with Crippen LogP contribution in [0.1, 0.15) is 19.3 Å². The van der Waals surface area contributed by atoms with Crippen LogP contribution < -0.4 is 0 Å². The molecule has 0 spiro atoms. The lowest BCUT2D eigenvalue weighted by Gasteiger charge is -2.16. The molecule has 0 amide bonds. The second kappa shape index (κ2) is 7.63. The average molecular weight is 212 g/mol. The van der Waals surface area contributed by atoms with E-state index < -0.39 is 0 Å². The van der Waals surface area contributed by atoms with Gasteiger partial charge in [-0.05, 0) is 25.3 Å². The molecule has 0 aliphatic heterocycles. The van der Waals surface area contributed by atoms with E-state index in [9.17, 15) is 0 Å². The van der Waals surface area contributed by atoms with Crippen molar-refractivity contribution in [1.82, 2.24) is 0 Å². The molecule has 0 radical (unpaired) electrons. The van der Waals surface area contributed by atoms with E-state index in [-0.39, 0.29) is 12.4 Å². The van der Waals surface area contributed by atoms with Crippen molar-refractivity contribution in [3.05, 3.63) is 24.3 Å². The summed E-state index contributed by atoms with van der Waals surface area (Å²) in [5, 5.41) is 0. The molecule has 0 bridgehead atoms. The minimum absolute atomic E-state index is 0.268. The summed E-state index contributed by atoms with van der Waals surface area (Å²) < 4.78 is 15.7. The molecule has 0 aromatic carbocycles. The molecule has 0 saturated carbocycles. The van der Waals surface area contributed by atoms with E-state index in [4.69, 9.17) is 14.2 Å². The monoisotopic (exact) mass is 212 g/mol. The van der Waals surface area contributed by atoms with Crippen LogP contribution in [-0.2, 0) is 14.2 Å². The number of ether oxygens (including phenoxy) is 3. The lowest BCUT2D eigenvalue weighted by atomic mass is 10.1. The lowest BCUT2D eigenvalue weighted by Crippen LogP contribution is -2.13. The van der Waals surface area contributed by atoms with Gasteiger partial charge in [-0.2, -0.15) is 0 Å². The maximum atomic E-state index is 5.64. The molecule has 15 heavy (non-hydrogen) atoms. The lowest BCUT2D eigenvalue weighted by molar-refractivity contribution is -0.0670. The summed E-state index contributed by atoms with van der Waals surface area (Å²) in [6, 6.07) is 0. The Kier molecular flexibility index (Phi) is 6.32. The van der Waals surface area contributed by atoms with Gasteiger partial charge in [-0.3, -0.25) is 0 Å². The standard InChI is InChI=1S/C12H20O3/c1-13-12(14-2)9-6-10-15-11-7-4-3-5-8-11/h4,6-7,9,11-12H,3,5,8,10H2,1-2H3/b9-6+. The second-order valence-electron chi connectivity index (χ2n) is 3.50. The topological polar surface area (TPSA) is 27.7 Å². The Hall–Kier alpha value is -0.640. The summed E-state index contributed by atoms with van der Waals surface area (Å²) in [5.74, 6) is 0. The average Bonchev–Trinajstić information content (AvgIpc) is 2.31. The van der Waals surface area contributed by atoms with Crippen molar-refractivity contribution in [3.63, 3.8) is 0 Å². The Morgan fingerprint density at radius 2 is 2.20 bits per heavy atom. The van der Waals surface area contributed by atoms with E-state index in [1.54, 1.807) is 14.2 Å². The van der Waals surface area contributed by atoms with E-state index in [1.807, 2.05) is 12.2 Å². The van der Waals surface area contributed by atoms with E-state index in [2.05, 4.69) is 12.2 Å². The smallest absolute Gasteiger partial charge is 0.176 e. The van der Waals surface area contributed by atoms with Gasteiger partial charge in [0.2, 0.25) is 0 Å². The number of rotatable bonds is 6. The summed E-state index contributed by atoms with van der Waals surface area (Å²) in [6.07, 6.45) is 11.7. The number of hydrogen-bond acceptors (Lipinski definition) is 3. The molecule has 3 nitrogen and oxygen atoms in total. The van der Waals surface area contributed by atoms with Gasteiger partial charge in [0.25, 0.3) is 0 Å². The fourth-order valence-electron chi connectivity index (χ4n) is 1.52. The molecule has 0 saturated heterocycles. The summed E-state index contributed by atoms with van der Waals surface area (Å²) in [4.78, 5) is 0. The third kappa shape index (κ3) is 5.11. The van der Waals surface area contributed by atoms with Crippen LogP contribution in [0.25, 0.3) is 0 Å². The van der Waals surface area contributed by atoms with Crippen LogP contribution in [0.3, 0.4) is 0 Å². The SMILES string of the molecule is COC(/C=C/COC1C=CCCC1)OC. The molecule has 1 atom stereocenters. The normalized spacial score (nSPS) is 21.7. The van der Waals surface area contributed by atoms with Crippen LogP contribution in [-0.4, -0.2) is 33.2 Å². The molecule has 0 aromatic rings. The fraction of sp³-hybridized carbons (Fsp3) is 0.667. The highest BCUT2D eigenvalue weighted by Crippen LogP contribution is 2.13. The Balaban J connectivity index is 2.14. The first kappa shape index (κ1) is 12.4. The molecule has 86 valence electrons. The molecule has 0 N–H and O–H groups in total. The Morgan fingerprint density at radius 3 is 2.80 bits per heavy atom. The van der Waals surface area contributed by atoms with Crippen molar-refractivity contribution in [1.29, 1.82) is 0 Å². The maximum absolute atomic E-state index is 5.64. The first-order valence-electron chi connectivity index (χ1n) is 5.37. The van der Waals surface area contributed by atoms with Gasteiger partial charge >= 0.3 is 0 Å². The van der Waals surface area contributed by atoms with Gasteiger partial charge in [-0.1, -0.05) is 18.2 Å². The van der Waals surface area contributed by atoms with Crippen LogP contribution in [0.15, 0.2) is 24.3 Å². The molecule has 0 heterocycles. The highest BCUT2D eigenvalue weighted by atomic mass is 16.7. The zero-order valence-corrected chi connectivity index (χ0v) is 9.52. The Bertz CT molecular complexity index is 207. The molecule has 1 unspecified atom stereocenters. The van der Waals surface area contributed by atoms with Gasteiger partial charge < -0.3 is 14.2 Å². The first-order chi connectivity index (χ1) is 7.36. The maximum Gasteiger partial charge on any atom is 0.176 e. The fourth-order valence-corrected chi connectivity index (χ4v) is 1.52. The second-order valence-corrected chi connectivity index (χ2v) is 3.50. The van der Waals surface area contributed by atoms with Crippen LogP contribution in [0.5, 0.6) is 0 Å². The molecule has 0 fully saturated rings. The largest absolute Gasteiger partial charge is 0.370 e. The molecule has 3 heteroatoms. The molecule has 0 aromatic heterocycles. The molecule has 1 aliphatic rings. The third-order valence-electron chi connectivity index (χ3n) is 2.37. The number of methoxy groups -OCH3 is 2. The van der Waals surface area contributed by atoms with Crippen LogP contribution in [0, 0.1) is 0 Å². The van der Waals surface area contributed by atoms with Crippen molar-refractivity contribution < 1.29 is 14.2 Å².